The molecule has 0 saturated heterocycles. The van der Waals surface area contributed by atoms with E-state index in [0.29, 0.717) is 41.5 Å². The third-order valence-electron chi connectivity index (χ3n) is 4.55. The number of anilines is 1. The Morgan fingerprint density at radius 2 is 2.30 bits per heavy atom. The van der Waals surface area contributed by atoms with Gasteiger partial charge in [-0.05, 0) is 19.9 Å². The van der Waals surface area contributed by atoms with Gasteiger partial charge in [-0.15, -0.1) is 0 Å². The zero-order valence-electron chi connectivity index (χ0n) is 15.3. The highest BCUT2D eigenvalue weighted by molar-refractivity contribution is 7.99. The standard InChI is InChI=1S/C18H23F2N4O2S/c1-3-23(17(25)6-8-27-12-14-9-18(14,19)20)16-11-24(21-13(16)2)15-5-4-7-22(26)10-15/h4-5,7,10-11,14,26H,3,6,8-9,12H2,1-2H3/q+1. The summed E-state index contributed by atoms with van der Waals surface area (Å²) >= 11 is 1.41. The SMILES string of the molecule is CCN(C(=O)CCSCC1CC1(F)F)c1cn(-c2ccc[n+](O)c2)nc1C. The molecule has 2 aromatic heterocycles. The van der Waals surface area contributed by atoms with Crippen LogP contribution in [0.15, 0.2) is 30.7 Å². The molecular formula is C18H23F2N4O2S+. The minimum absolute atomic E-state index is 0.0270. The summed E-state index contributed by atoms with van der Waals surface area (Å²) in [7, 11) is 0. The number of hydrogen-bond acceptors (Lipinski definition) is 4. The zero-order valence-corrected chi connectivity index (χ0v) is 16.1. The molecule has 0 aliphatic heterocycles. The summed E-state index contributed by atoms with van der Waals surface area (Å²) in [6, 6.07) is 3.49. The van der Waals surface area contributed by atoms with Crippen LogP contribution in [0.1, 0.15) is 25.5 Å². The third kappa shape index (κ3) is 4.58. The molecule has 1 unspecified atom stereocenters. The van der Waals surface area contributed by atoms with Crippen molar-refractivity contribution >= 4 is 23.4 Å². The van der Waals surface area contributed by atoms with Crippen molar-refractivity contribution in [2.24, 2.45) is 5.92 Å². The van der Waals surface area contributed by atoms with Gasteiger partial charge in [0.1, 0.15) is 5.69 Å². The Balaban J connectivity index is 1.61. The van der Waals surface area contributed by atoms with Crippen molar-refractivity contribution in [1.29, 1.82) is 0 Å². The van der Waals surface area contributed by atoms with Crippen LogP contribution in [0, 0.1) is 12.8 Å². The van der Waals surface area contributed by atoms with E-state index in [1.807, 2.05) is 13.8 Å². The highest BCUT2D eigenvalue weighted by atomic mass is 32.2. The second-order valence-corrected chi connectivity index (χ2v) is 7.76. The summed E-state index contributed by atoms with van der Waals surface area (Å²) in [6.07, 6.45) is 5.03. The monoisotopic (exact) mass is 397 g/mol. The van der Waals surface area contributed by atoms with Crippen molar-refractivity contribution in [2.75, 3.05) is 23.0 Å². The highest BCUT2D eigenvalue weighted by Crippen LogP contribution is 2.50. The second kappa shape index (κ2) is 7.84. The number of halogens is 2. The Labute approximate surface area is 160 Å². The van der Waals surface area contributed by atoms with Gasteiger partial charge in [0, 0.05) is 47.6 Å². The van der Waals surface area contributed by atoms with Gasteiger partial charge in [-0.3, -0.25) is 10.0 Å². The lowest BCUT2D eigenvalue weighted by Crippen LogP contribution is -2.31. The fourth-order valence-electron chi connectivity index (χ4n) is 2.89. The normalized spacial score (nSPS) is 17.7. The minimum Gasteiger partial charge on any atom is -0.310 e. The molecule has 3 rings (SSSR count). The van der Waals surface area contributed by atoms with Crippen LogP contribution in [0.2, 0.25) is 0 Å². The van der Waals surface area contributed by atoms with Gasteiger partial charge in [-0.1, -0.05) is 0 Å². The predicted molar refractivity (Wildman–Crippen MR) is 98.7 cm³/mol. The number of aromatic nitrogens is 3. The van der Waals surface area contributed by atoms with Crippen LogP contribution in [0.4, 0.5) is 14.5 Å². The van der Waals surface area contributed by atoms with E-state index in [9.17, 15) is 18.8 Å². The van der Waals surface area contributed by atoms with Crippen LogP contribution in [0.5, 0.6) is 0 Å². The molecule has 0 bridgehead atoms. The summed E-state index contributed by atoms with van der Waals surface area (Å²) in [6.45, 7) is 4.20. The number of pyridine rings is 1. The van der Waals surface area contributed by atoms with Gasteiger partial charge in [-0.25, -0.2) is 13.5 Å². The first-order valence-corrected chi connectivity index (χ1v) is 10.0. The number of rotatable bonds is 8. The van der Waals surface area contributed by atoms with E-state index in [1.54, 1.807) is 27.9 Å². The first-order chi connectivity index (χ1) is 12.8. The minimum atomic E-state index is -2.50. The van der Waals surface area contributed by atoms with E-state index in [0.717, 1.165) is 4.73 Å². The molecule has 6 nitrogen and oxygen atoms in total. The van der Waals surface area contributed by atoms with Crippen LogP contribution < -0.4 is 9.63 Å². The molecule has 1 aliphatic rings. The third-order valence-corrected chi connectivity index (χ3v) is 5.68. The molecule has 1 amide bonds. The average molecular weight is 397 g/mol. The Bertz CT molecular complexity index is 827. The van der Waals surface area contributed by atoms with Crippen LogP contribution in [-0.2, 0) is 4.79 Å². The van der Waals surface area contributed by atoms with Crippen molar-refractivity contribution in [3.63, 3.8) is 0 Å². The predicted octanol–water partition coefficient (Wildman–Crippen LogP) is 2.84. The van der Waals surface area contributed by atoms with E-state index < -0.39 is 11.8 Å². The van der Waals surface area contributed by atoms with Crippen LogP contribution >= 0.6 is 11.8 Å². The molecule has 1 fully saturated rings. The zero-order chi connectivity index (χ0) is 19.6. The molecule has 27 heavy (non-hydrogen) atoms. The van der Waals surface area contributed by atoms with Crippen molar-refractivity contribution in [1.82, 2.24) is 9.78 Å². The molecule has 9 heteroatoms. The van der Waals surface area contributed by atoms with Crippen molar-refractivity contribution in [3.05, 3.63) is 36.4 Å². The fourth-order valence-corrected chi connectivity index (χ4v) is 4.02. The lowest BCUT2D eigenvalue weighted by Gasteiger charge is -2.20. The smallest absolute Gasteiger partial charge is 0.252 e. The Morgan fingerprint density at radius 1 is 1.56 bits per heavy atom. The summed E-state index contributed by atoms with van der Waals surface area (Å²) in [5.74, 6) is -2.15. The fraction of sp³-hybridized carbons (Fsp3) is 0.500. The molecule has 1 aliphatic carbocycles. The Morgan fingerprint density at radius 3 is 2.93 bits per heavy atom. The quantitative estimate of drug-likeness (QED) is 0.423. The topological polar surface area (TPSA) is 62.2 Å². The van der Waals surface area contributed by atoms with Gasteiger partial charge in [0.15, 0.2) is 0 Å². The van der Waals surface area contributed by atoms with Crippen molar-refractivity contribution < 1.29 is 23.5 Å². The van der Waals surface area contributed by atoms with Crippen LogP contribution in [-0.4, -0.2) is 44.9 Å². The number of aryl methyl sites for hydroxylation is 1. The Hall–Kier alpha value is -2.16. The highest BCUT2D eigenvalue weighted by Gasteiger charge is 2.56. The first kappa shape index (κ1) is 19.6. The lowest BCUT2D eigenvalue weighted by molar-refractivity contribution is -0.904. The Kier molecular flexibility index (Phi) is 5.69. The molecule has 1 atom stereocenters. The number of amides is 1. The number of hydrogen-bond donors (Lipinski definition) is 1. The molecule has 2 aromatic rings. The van der Waals surface area contributed by atoms with Gasteiger partial charge in [0.25, 0.3) is 5.92 Å². The number of nitrogens with zero attached hydrogens (tertiary/aromatic N) is 4. The molecular weight excluding hydrogens is 374 g/mol. The van der Waals surface area contributed by atoms with Gasteiger partial charge in [0.05, 0.1) is 17.6 Å². The average Bonchev–Trinajstić information content (AvgIpc) is 3.04. The maximum atomic E-state index is 12.9. The van der Waals surface area contributed by atoms with E-state index in [4.69, 9.17) is 0 Å². The van der Waals surface area contributed by atoms with E-state index in [-0.39, 0.29) is 12.3 Å². The molecule has 1 N–H and O–H groups in total. The van der Waals surface area contributed by atoms with Gasteiger partial charge in [-0.2, -0.15) is 16.9 Å². The van der Waals surface area contributed by atoms with E-state index >= 15 is 0 Å². The molecule has 0 radical (unpaired) electrons. The molecule has 0 spiro atoms. The number of alkyl halides is 2. The molecule has 1 saturated carbocycles. The van der Waals surface area contributed by atoms with E-state index in [2.05, 4.69) is 5.10 Å². The summed E-state index contributed by atoms with van der Waals surface area (Å²) in [5, 5.41) is 14.0. The maximum absolute atomic E-state index is 12.9. The van der Waals surface area contributed by atoms with Crippen LogP contribution in [0.25, 0.3) is 5.69 Å². The van der Waals surface area contributed by atoms with Gasteiger partial charge >= 0.3 is 0 Å². The number of thioether (sulfide) groups is 1. The lowest BCUT2D eigenvalue weighted by atomic mass is 10.3. The molecule has 146 valence electrons. The number of carbonyl (C=O) groups excluding carboxylic acids is 1. The van der Waals surface area contributed by atoms with Gasteiger partial charge < -0.3 is 4.90 Å². The van der Waals surface area contributed by atoms with Gasteiger partial charge in [0.2, 0.25) is 18.3 Å². The molecule has 0 aromatic carbocycles. The van der Waals surface area contributed by atoms with E-state index in [1.165, 1.54) is 24.2 Å². The second-order valence-electron chi connectivity index (χ2n) is 6.61. The summed E-state index contributed by atoms with van der Waals surface area (Å²) in [5.41, 5.74) is 2.07. The maximum Gasteiger partial charge on any atom is 0.252 e. The summed E-state index contributed by atoms with van der Waals surface area (Å²) in [4.78, 5) is 14.3. The van der Waals surface area contributed by atoms with Crippen molar-refractivity contribution in [3.8, 4) is 5.69 Å². The number of carbonyl (C=O) groups is 1. The van der Waals surface area contributed by atoms with Crippen molar-refractivity contribution in [2.45, 2.75) is 32.6 Å². The van der Waals surface area contributed by atoms with Crippen LogP contribution in [0.3, 0.4) is 0 Å². The first-order valence-electron chi connectivity index (χ1n) is 8.85. The largest absolute Gasteiger partial charge is 0.310 e. The molecule has 2 heterocycles. The summed E-state index contributed by atoms with van der Waals surface area (Å²) < 4.78 is 28.3.